The summed E-state index contributed by atoms with van der Waals surface area (Å²) in [6, 6.07) is 13.2. The van der Waals surface area contributed by atoms with Crippen molar-refractivity contribution < 1.29 is 9.59 Å². The minimum atomic E-state index is -0.154. The number of nitrogens with one attached hydrogen (secondary N) is 1. The van der Waals surface area contributed by atoms with E-state index >= 15 is 0 Å². The Morgan fingerprint density at radius 1 is 1.06 bits per heavy atom. The molecular weight excluding hydrogens is 459 g/mol. The molecule has 0 bridgehead atoms. The summed E-state index contributed by atoms with van der Waals surface area (Å²) in [6.45, 7) is 6.29. The molecule has 2 amide bonds. The van der Waals surface area contributed by atoms with Crippen LogP contribution in [0.4, 0.5) is 5.69 Å². The van der Waals surface area contributed by atoms with Gasteiger partial charge in [0.1, 0.15) is 0 Å². The third-order valence-electron chi connectivity index (χ3n) is 5.80. The fraction of sp³-hybridized carbons (Fsp3) is 0.440. The monoisotopic (exact) mass is 490 g/mol. The minimum absolute atomic E-state index is 0.00280. The molecule has 0 spiro atoms. The van der Waals surface area contributed by atoms with E-state index in [-0.39, 0.29) is 24.9 Å². The van der Waals surface area contributed by atoms with Gasteiger partial charge in [-0.05, 0) is 48.1 Å². The average molecular weight is 491 g/mol. The highest BCUT2D eigenvalue weighted by Crippen LogP contribution is 2.29. The van der Waals surface area contributed by atoms with E-state index in [2.05, 4.69) is 31.3 Å². The van der Waals surface area contributed by atoms with Gasteiger partial charge in [0.25, 0.3) is 5.91 Å². The highest BCUT2D eigenvalue weighted by molar-refractivity contribution is 6.35. The zero-order chi connectivity index (χ0) is 24.0. The van der Waals surface area contributed by atoms with Gasteiger partial charge in [0.05, 0.1) is 23.8 Å². The van der Waals surface area contributed by atoms with Gasteiger partial charge in [-0.1, -0.05) is 61.3 Å². The van der Waals surface area contributed by atoms with Crippen molar-refractivity contribution in [3.05, 3.63) is 63.6 Å². The van der Waals surface area contributed by atoms with E-state index in [1.165, 1.54) is 11.1 Å². The van der Waals surface area contributed by atoms with Crippen molar-refractivity contribution in [2.75, 3.05) is 31.6 Å². The zero-order valence-electron chi connectivity index (χ0n) is 19.5. The van der Waals surface area contributed by atoms with Crippen LogP contribution in [0.3, 0.4) is 0 Å². The molecule has 0 aromatic heterocycles. The fourth-order valence-corrected chi connectivity index (χ4v) is 4.28. The maximum Gasteiger partial charge on any atom is 0.256 e. The van der Waals surface area contributed by atoms with E-state index in [1.807, 2.05) is 17.1 Å². The molecule has 2 aromatic carbocycles. The Morgan fingerprint density at radius 3 is 2.36 bits per heavy atom. The average Bonchev–Trinajstić information content (AvgIpc) is 3.21. The lowest BCUT2D eigenvalue weighted by Gasteiger charge is -2.31. The highest BCUT2D eigenvalue weighted by Gasteiger charge is 2.27. The molecule has 3 rings (SSSR count). The minimum Gasteiger partial charge on any atom is -0.355 e. The second kappa shape index (κ2) is 11.7. The molecule has 0 unspecified atom stereocenters. The van der Waals surface area contributed by atoms with Crippen LogP contribution in [0.1, 0.15) is 37.8 Å². The van der Waals surface area contributed by atoms with Crippen molar-refractivity contribution in [3.63, 3.8) is 0 Å². The van der Waals surface area contributed by atoms with Gasteiger partial charge in [0.2, 0.25) is 5.91 Å². The number of likely N-dealkylation sites (N-methyl/N-ethyl adjacent to an activating group) is 1. The molecule has 8 heteroatoms. The van der Waals surface area contributed by atoms with Gasteiger partial charge in [0.15, 0.2) is 0 Å². The molecule has 0 atom stereocenters. The fourth-order valence-electron chi connectivity index (χ4n) is 3.87. The summed E-state index contributed by atoms with van der Waals surface area (Å²) in [5.41, 5.74) is 2.99. The molecule has 0 aliphatic carbocycles. The molecule has 0 saturated heterocycles. The summed E-state index contributed by atoms with van der Waals surface area (Å²) in [7, 11) is 1.76. The summed E-state index contributed by atoms with van der Waals surface area (Å²) in [6.07, 6.45) is 1.96. The number of halogens is 2. The number of fused-ring (bicyclic) bond motifs is 1. The molecule has 0 radical (unpaired) electrons. The molecule has 1 aliphatic rings. The first-order chi connectivity index (χ1) is 15.7. The van der Waals surface area contributed by atoms with Crippen LogP contribution in [0.5, 0.6) is 0 Å². The topological polar surface area (TPSA) is 55.9 Å². The molecule has 0 saturated carbocycles. The number of hydrogen-bond donors (Lipinski definition) is 1. The first-order valence-corrected chi connectivity index (χ1v) is 12.0. The van der Waals surface area contributed by atoms with Crippen molar-refractivity contribution in [2.45, 2.75) is 39.8 Å². The lowest BCUT2D eigenvalue weighted by molar-refractivity contribution is -0.145. The molecule has 2 aromatic rings. The molecule has 178 valence electrons. The summed E-state index contributed by atoms with van der Waals surface area (Å²) in [5.74, 6) is 0.304. The molecule has 33 heavy (non-hydrogen) atoms. The number of hydrazine groups is 1. The second-order valence-electron chi connectivity index (χ2n) is 8.85. The number of benzene rings is 2. The Labute approximate surface area is 206 Å². The molecule has 0 fully saturated rings. The molecule has 6 nitrogen and oxygen atoms in total. The van der Waals surface area contributed by atoms with Crippen LogP contribution < -0.4 is 10.2 Å². The SMILES string of the molecule is CC(C)CCCNC(=O)CN(CC(=O)N(C)N1Cc2ccccc2C1)c1cc(Cl)ccc1Cl. The van der Waals surface area contributed by atoms with Gasteiger partial charge in [0, 0.05) is 31.7 Å². The first-order valence-electron chi connectivity index (χ1n) is 11.3. The van der Waals surface area contributed by atoms with Gasteiger partial charge in [-0.15, -0.1) is 0 Å². The maximum atomic E-state index is 13.2. The number of carbonyl (C=O) groups is 2. The number of carbonyl (C=O) groups excluding carboxylic acids is 2. The highest BCUT2D eigenvalue weighted by atomic mass is 35.5. The van der Waals surface area contributed by atoms with Crippen molar-refractivity contribution in [2.24, 2.45) is 5.92 Å². The van der Waals surface area contributed by atoms with Gasteiger partial charge >= 0.3 is 0 Å². The lowest BCUT2D eigenvalue weighted by atomic mass is 10.1. The Kier molecular flexibility index (Phi) is 9.01. The molecule has 1 heterocycles. The van der Waals surface area contributed by atoms with Gasteiger partial charge < -0.3 is 10.2 Å². The largest absolute Gasteiger partial charge is 0.355 e. The van der Waals surface area contributed by atoms with Crippen LogP contribution in [0, 0.1) is 5.92 Å². The van der Waals surface area contributed by atoms with Gasteiger partial charge in [-0.3, -0.25) is 14.6 Å². The van der Waals surface area contributed by atoms with Crippen LogP contribution in [-0.2, 0) is 22.7 Å². The summed E-state index contributed by atoms with van der Waals surface area (Å²) < 4.78 is 0. The quantitative estimate of drug-likeness (QED) is 0.488. The van der Waals surface area contributed by atoms with E-state index < -0.39 is 0 Å². The number of rotatable bonds is 10. The number of amides is 2. The van der Waals surface area contributed by atoms with Crippen molar-refractivity contribution in [1.82, 2.24) is 15.3 Å². The predicted octanol–water partition coefficient (Wildman–Crippen LogP) is 4.74. The van der Waals surface area contributed by atoms with E-state index in [0.717, 1.165) is 12.8 Å². The van der Waals surface area contributed by atoms with Crippen LogP contribution >= 0.6 is 23.2 Å². The Balaban J connectivity index is 1.68. The standard InChI is InChI=1S/C25H32Cl2N4O2/c1-18(2)7-6-12-28-24(32)16-30(23-13-21(26)10-11-22(23)27)17-25(33)29(3)31-14-19-8-4-5-9-20(19)15-31/h4-5,8-11,13,18H,6-7,12,14-17H2,1-3H3,(H,28,32). The van der Waals surface area contributed by atoms with Crippen molar-refractivity contribution in [1.29, 1.82) is 0 Å². The summed E-state index contributed by atoms with van der Waals surface area (Å²) in [5, 5.41) is 7.51. The summed E-state index contributed by atoms with van der Waals surface area (Å²) >= 11 is 12.6. The first kappa shape index (κ1) is 25.3. The van der Waals surface area contributed by atoms with Crippen LogP contribution in [0.2, 0.25) is 10.0 Å². The van der Waals surface area contributed by atoms with Crippen LogP contribution in [-0.4, -0.2) is 48.5 Å². The van der Waals surface area contributed by atoms with Crippen molar-refractivity contribution >= 4 is 40.7 Å². The Bertz CT molecular complexity index is 958. The summed E-state index contributed by atoms with van der Waals surface area (Å²) in [4.78, 5) is 27.6. The van der Waals surface area contributed by atoms with Crippen molar-refractivity contribution in [3.8, 4) is 0 Å². The van der Waals surface area contributed by atoms with Gasteiger partial charge in [-0.25, -0.2) is 5.01 Å². The smallest absolute Gasteiger partial charge is 0.256 e. The number of hydrogen-bond acceptors (Lipinski definition) is 4. The van der Waals surface area contributed by atoms with E-state index in [0.29, 0.717) is 41.3 Å². The lowest BCUT2D eigenvalue weighted by Crippen LogP contribution is -2.48. The predicted molar refractivity (Wildman–Crippen MR) is 134 cm³/mol. The number of nitrogens with zero attached hydrogens (tertiary/aromatic N) is 3. The Morgan fingerprint density at radius 2 is 1.73 bits per heavy atom. The van der Waals surface area contributed by atoms with Crippen LogP contribution in [0.15, 0.2) is 42.5 Å². The molecule has 1 N–H and O–H groups in total. The third kappa shape index (κ3) is 7.10. The van der Waals surface area contributed by atoms with Crippen LogP contribution in [0.25, 0.3) is 0 Å². The van der Waals surface area contributed by atoms with E-state index in [4.69, 9.17) is 23.2 Å². The second-order valence-corrected chi connectivity index (χ2v) is 9.69. The third-order valence-corrected chi connectivity index (χ3v) is 6.35. The normalized spacial score (nSPS) is 13.2. The Hall–Kier alpha value is -2.28. The van der Waals surface area contributed by atoms with Gasteiger partial charge in [-0.2, -0.15) is 0 Å². The maximum absolute atomic E-state index is 13.2. The molecular formula is C25H32Cl2N4O2. The van der Waals surface area contributed by atoms with E-state index in [1.54, 1.807) is 35.2 Å². The number of anilines is 1. The van der Waals surface area contributed by atoms with E-state index in [9.17, 15) is 9.59 Å². The zero-order valence-corrected chi connectivity index (χ0v) is 21.0. The molecule has 1 aliphatic heterocycles.